The van der Waals surface area contributed by atoms with Crippen molar-refractivity contribution in [3.8, 4) is 28.6 Å². The van der Waals surface area contributed by atoms with Crippen molar-refractivity contribution in [2.45, 2.75) is 0 Å². The van der Waals surface area contributed by atoms with Gasteiger partial charge >= 0.3 is 0 Å². The molecule has 0 bridgehead atoms. The summed E-state index contributed by atoms with van der Waals surface area (Å²) in [5.41, 5.74) is 3.59. The number of fused-ring (bicyclic) bond motifs is 2. The lowest BCUT2D eigenvalue weighted by atomic mass is 10.0. The molecule has 0 saturated carbocycles. The number of nitrogens with one attached hydrogen (secondary N) is 2. The normalized spacial score (nSPS) is 11.1. The van der Waals surface area contributed by atoms with E-state index < -0.39 is 0 Å². The summed E-state index contributed by atoms with van der Waals surface area (Å²) in [6, 6.07) is 14.0. The summed E-state index contributed by atoms with van der Waals surface area (Å²) in [5.74, 6) is 0. The fourth-order valence-electron chi connectivity index (χ4n) is 3.31. The minimum Gasteiger partial charge on any atom is -0.345 e. The second-order valence-electron chi connectivity index (χ2n) is 6.55. The van der Waals surface area contributed by atoms with E-state index in [2.05, 4.69) is 31.2 Å². The van der Waals surface area contributed by atoms with Gasteiger partial charge in [-0.2, -0.15) is 10.4 Å². The average Bonchev–Trinajstić information content (AvgIpc) is 3.14. The number of benzene rings is 2. The molecular weight excluding hydrogens is 423 g/mol. The van der Waals surface area contributed by atoms with Crippen LogP contribution in [0.5, 0.6) is 0 Å². The second-order valence-corrected chi connectivity index (χ2v) is 7.31. The average molecular weight is 433 g/mol. The Balaban J connectivity index is 1.88. The van der Waals surface area contributed by atoms with E-state index in [9.17, 15) is 10.1 Å². The number of aromatic nitrogens is 5. The molecule has 5 aromatic rings. The zero-order chi connectivity index (χ0) is 20.8. The van der Waals surface area contributed by atoms with Crippen molar-refractivity contribution in [2.24, 2.45) is 0 Å². The van der Waals surface area contributed by atoms with Gasteiger partial charge in [0, 0.05) is 28.8 Å². The molecule has 0 aliphatic heterocycles. The van der Waals surface area contributed by atoms with E-state index in [0.717, 1.165) is 0 Å². The number of nitrogens with zero attached hydrogens (tertiary/aromatic N) is 4. The summed E-state index contributed by atoms with van der Waals surface area (Å²) < 4.78 is 0. The molecule has 0 spiro atoms. The molecule has 3 aromatic heterocycles. The first kappa shape index (κ1) is 18.3. The standard InChI is InChI=1S/C21H10Cl2N6O/c22-14-8-12(7-13-18(14)28-29-20(13)23)17-16(11-3-1-2-10(6-11)9-24)27-21-19(26-17)15(30)4-5-25-21/h1-8H,(H,28,29)(H,25,27,30). The third-order valence-electron chi connectivity index (χ3n) is 4.70. The maximum absolute atomic E-state index is 12.4. The number of halogens is 2. The zero-order valence-electron chi connectivity index (χ0n) is 15.1. The molecule has 144 valence electrons. The Morgan fingerprint density at radius 2 is 1.83 bits per heavy atom. The predicted molar refractivity (Wildman–Crippen MR) is 115 cm³/mol. The van der Waals surface area contributed by atoms with Crippen LogP contribution in [0.4, 0.5) is 0 Å². The Kier molecular flexibility index (Phi) is 4.24. The highest BCUT2D eigenvalue weighted by molar-refractivity contribution is 6.39. The van der Waals surface area contributed by atoms with Gasteiger partial charge in [0.25, 0.3) is 0 Å². The van der Waals surface area contributed by atoms with Crippen LogP contribution in [-0.2, 0) is 0 Å². The SMILES string of the molecule is N#Cc1cccc(-c2nc3[nH]ccc(=O)c3nc2-c2cc(Cl)c3[nH]nc(Cl)c3c2)c1. The summed E-state index contributed by atoms with van der Waals surface area (Å²) >= 11 is 12.6. The summed E-state index contributed by atoms with van der Waals surface area (Å²) in [5, 5.41) is 17.4. The molecule has 0 atom stereocenters. The second kappa shape index (κ2) is 6.95. The number of nitriles is 1. The van der Waals surface area contributed by atoms with Crippen molar-refractivity contribution in [3.05, 3.63) is 74.6 Å². The molecule has 0 aliphatic rings. The molecule has 5 rings (SSSR count). The van der Waals surface area contributed by atoms with Crippen LogP contribution in [0.1, 0.15) is 5.56 Å². The Morgan fingerprint density at radius 3 is 2.67 bits per heavy atom. The van der Waals surface area contributed by atoms with Crippen molar-refractivity contribution < 1.29 is 0 Å². The Bertz CT molecular complexity index is 1560. The summed E-state index contributed by atoms with van der Waals surface area (Å²) in [6.45, 7) is 0. The van der Waals surface area contributed by atoms with Crippen LogP contribution in [0.3, 0.4) is 0 Å². The van der Waals surface area contributed by atoms with Gasteiger partial charge in [-0.25, -0.2) is 9.97 Å². The zero-order valence-corrected chi connectivity index (χ0v) is 16.6. The lowest BCUT2D eigenvalue weighted by Gasteiger charge is -2.11. The van der Waals surface area contributed by atoms with E-state index in [-0.39, 0.29) is 16.1 Å². The molecule has 0 radical (unpaired) electrons. The highest BCUT2D eigenvalue weighted by atomic mass is 35.5. The molecule has 0 saturated heterocycles. The highest BCUT2D eigenvalue weighted by Gasteiger charge is 2.18. The highest BCUT2D eigenvalue weighted by Crippen LogP contribution is 2.36. The van der Waals surface area contributed by atoms with Crippen molar-refractivity contribution in [1.82, 2.24) is 25.1 Å². The summed E-state index contributed by atoms with van der Waals surface area (Å²) in [7, 11) is 0. The maximum Gasteiger partial charge on any atom is 0.209 e. The molecule has 0 unspecified atom stereocenters. The lowest BCUT2D eigenvalue weighted by Crippen LogP contribution is -2.06. The number of aromatic amines is 2. The van der Waals surface area contributed by atoms with Crippen LogP contribution in [0, 0.1) is 11.3 Å². The van der Waals surface area contributed by atoms with Gasteiger partial charge in [-0.3, -0.25) is 9.89 Å². The topological polar surface area (TPSA) is 111 Å². The predicted octanol–water partition coefficient (Wildman–Crippen LogP) is 4.71. The molecule has 0 aliphatic carbocycles. The summed E-state index contributed by atoms with van der Waals surface area (Å²) in [4.78, 5) is 24.6. The van der Waals surface area contributed by atoms with Crippen molar-refractivity contribution in [2.75, 3.05) is 0 Å². The minimum atomic E-state index is -0.261. The van der Waals surface area contributed by atoms with E-state index in [1.54, 1.807) is 30.3 Å². The van der Waals surface area contributed by atoms with Gasteiger partial charge in [0.1, 0.15) is 0 Å². The first-order chi connectivity index (χ1) is 14.5. The maximum atomic E-state index is 12.4. The number of H-pyrrole nitrogens is 2. The number of hydrogen-bond donors (Lipinski definition) is 2. The monoisotopic (exact) mass is 432 g/mol. The Morgan fingerprint density at radius 1 is 1.00 bits per heavy atom. The quantitative estimate of drug-likeness (QED) is 0.419. The van der Waals surface area contributed by atoms with Crippen molar-refractivity contribution in [3.63, 3.8) is 0 Å². The third kappa shape index (κ3) is 2.90. The molecule has 2 aromatic carbocycles. The van der Waals surface area contributed by atoms with E-state index in [4.69, 9.17) is 23.2 Å². The van der Waals surface area contributed by atoms with Crippen LogP contribution in [0.25, 0.3) is 44.6 Å². The Hall–Kier alpha value is -3.73. The molecular formula is C21H10Cl2N6O. The van der Waals surface area contributed by atoms with Crippen LogP contribution in [-0.4, -0.2) is 25.1 Å². The molecule has 3 heterocycles. The van der Waals surface area contributed by atoms with Crippen LogP contribution >= 0.6 is 23.2 Å². The summed E-state index contributed by atoms with van der Waals surface area (Å²) in [6.07, 6.45) is 1.52. The van der Waals surface area contributed by atoms with E-state index in [1.165, 1.54) is 12.3 Å². The van der Waals surface area contributed by atoms with Crippen LogP contribution < -0.4 is 5.43 Å². The van der Waals surface area contributed by atoms with Crippen LogP contribution in [0.15, 0.2) is 53.5 Å². The van der Waals surface area contributed by atoms with Gasteiger partial charge in [-0.1, -0.05) is 35.3 Å². The van der Waals surface area contributed by atoms with Crippen LogP contribution in [0.2, 0.25) is 10.2 Å². The molecule has 9 heteroatoms. The van der Waals surface area contributed by atoms with E-state index >= 15 is 0 Å². The number of hydrogen-bond acceptors (Lipinski definition) is 5. The first-order valence-corrected chi connectivity index (χ1v) is 9.54. The molecule has 0 fully saturated rings. The molecule has 7 nitrogen and oxygen atoms in total. The first-order valence-electron chi connectivity index (χ1n) is 8.78. The minimum absolute atomic E-state index is 0.196. The van der Waals surface area contributed by atoms with E-state index in [1.807, 2.05) is 6.07 Å². The molecule has 2 N–H and O–H groups in total. The largest absolute Gasteiger partial charge is 0.345 e. The van der Waals surface area contributed by atoms with Gasteiger partial charge in [0.05, 0.1) is 33.6 Å². The van der Waals surface area contributed by atoms with Gasteiger partial charge in [0.2, 0.25) is 5.43 Å². The van der Waals surface area contributed by atoms with E-state index in [0.29, 0.717) is 49.7 Å². The fraction of sp³-hybridized carbons (Fsp3) is 0. The third-order valence-corrected chi connectivity index (χ3v) is 5.29. The fourth-order valence-corrected chi connectivity index (χ4v) is 3.76. The van der Waals surface area contributed by atoms with Gasteiger partial charge in [-0.05, 0) is 24.3 Å². The number of rotatable bonds is 2. The van der Waals surface area contributed by atoms with Gasteiger partial charge in [0.15, 0.2) is 16.3 Å². The van der Waals surface area contributed by atoms with Gasteiger partial charge in [-0.15, -0.1) is 0 Å². The number of pyridine rings is 1. The van der Waals surface area contributed by atoms with Crippen molar-refractivity contribution in [1.29, 1.82) is 5.26 Å². The lowest BCUT2D eigenvalue weighted by molar-refractivity contribution is 1.12. The molecule has 30 heavy (non-hydrogen) atoms. The van der Waals surface area contributed by atoms with Gasteiger partial charge < -0.3 is 4.98 Å². The smallest absolute Gasteiger partial charge is 0.209 e. The van der Waals surface area contributed by atoms with Crippen molar-refractivity contribution >= 4 is 45.3 Å². The molecule has 0 amide bonds. The Labute approximate surface area is 178 Å².